The molecule has 30 heavy (non-hydrogen) atoms. The van der Waals surface area contributed by atoms with Crippen molar-refractivity contribution in [2.45, 2.75) is 44.5 Å². The number of carbonyl (C=O) groups excluding carboxylic acids is 1. The van der Waals surface area contributed by atoms with E-state index in [0.29, 0.717) is 35.5 Å². The Balaban J connectivity index is 2.21. The van der Waals surface area contributed by atoms with Crippen LogP contribution in [0, 0.1) is 5.92 Å². The van der Waals surface area contributed by atoms with Crippen LogP contribution in [0.5, 0.6) is 5.75 Å². The molecule has 0 fully saturated rings. The number of nitrogens with zero attached hydrogens (tertiary/aromatic N) is 3. The number of sulfonamides is 1. The van der Waals surface area contributed by atoms with Crippen LogP contribution in [0.15, 0.2) is 28.6 Å². The molecule has 1 aromatic heterocycles. The molecule has 0 saturated heterocycles. The molecule has 11 heteroatoms. The fraction of sp³-hybridized carbons (Fsp3) is 0.526. The van der Waals surface area contributed by atoms with Gasteiger partial charge in [-0.3, -0.25) is 14.4 Å². The minimum absolute atomic E-state index is 0.292. The zero-order valence-electron chi connectivity index (χ0n) is 17.8. The third-order valence-corrected chi connectivity index (χ3v) is 7.49. The number of nitrogens with one attached hydrogen (secondary N) is 1. The second-order valence-corrected chi connectivity index (χ2v) is 11.1. The summed E-state index contributed by atoms with van der Waals surface area (Å²) in [6, 6.07) is 5.71. The van der Waals surface area contributed by atoms with Crippen LogP contribution in [-0.4, -0.2) is 49.2 Å². The number of amides is 1. The van der Waals surface area contributed by atoms with Gasteiger partial charge in [0.2, 0.25) is 21.1 Å². The number of rotatable bonds is 11. The maximum absolute atomic E-state index is 12.9. The van der Waals surface area contributed by atoms with Crippen molar-refractivity contribution in [1.82, 2.24) is 10.2 Å². The molecular weight excluding hydrogens is 444 g/mol. The highest BCUT2D eigenvalue weighted by molar-refractivity contribution is 8.01. The van der Waals surface area contributed by atoms with E-state index in [1.54, 1.807) is 43.0 Å². The van der Waals surface area contributed by atoms with Gasteiger partial charge in [0.1, 0.15) is 11.8 Å². The number of aromatic nitrogens is 2. The van der Waals surface area contributed by atoms with Gasteiger partial charge in [-0.25, -0.2) is 8.42 Å². The Bertz CT molecular complexity index is 930. The lowest BCUT2D eigenvalue weighted by molar-refractivity contribution is -0.117. The zero-order chi connectivity index (χ0) is 22.3. The quantitative estimate of drug-likeness (QED) is 0.391. The van der Waals surface area contributed by atoms with Crippen molar-refractivity contribution < 1.29 is 17.9 Å². The Morgan fingerprint density at radius 3 is 2.43 bits per heavy atom. The topological polar surface area (TPSA) is 101 Å². The Morgan fingerprint density at radius 1 is 1.23 bits per heavy atom. The maximum atomic E-state index is 12.9. The summed E-state index contributed by atoms with van der Waals surface area (Å²) >= 11 is 2.86. The van der Waals surface area contributed by atoms with Crippen LogP contribution in [0.3, 0.4) is 0 Å². The highest BCUT2D eigenvalue weighted by atomic mass is 32.2. The first-order valence-corrected chi connectivity index (χ1v) is 13.3. The molecule has 1 atom stereocenters. The molecular formula is C19H28N4O4S3. The lowest BCUT2D eigenvalue weighted by Gasteiger charge is -2.29. The normalized spacial score (nSPS) is 12.6. The number of benzene rings is 1. The minimum Gasteiger partial charge on any atom is -0.494 e. The Kier molecular flexibility index (Phi) is 8.92. The summed E-state index contributed by atoms with van der Waals surface area (Å²) in [7, 11) is -3.71. The molecule has 8 nitrogen and oxygen atoms in total. The van der Waals surface area contributed by atoms with E-state index in [-0.39, 0.29) is 0 Å². The highest BCUT2D eigenvalue weighted by Crippen LogP contribution is 2.29. The van der Waals surface area contributed by atoms with E-state index in [1.807, 2.05) is 6.92 Å². The van der Waals surface area contributed by atoms with E-state index in [2.05, 4.69) is 29.4 Å². The Morgan fingerprint density at radius 2 is 1.90 bits per heavy atom. The summed E-state index contributed by atoms with van der Waals surface area (Å²) in [5.41, 5.74) is 0.397. The lowest BCUT2D eigenvalue weighted by atomic mass is 10.2. The summed E-state index contributed by atoms with van der Waals surface area (Å²) in [4.78, 5) is 12.9. The standard InChI is InChI=1S/C19H28N4O4S3/c1-6-16(17(24)20-18-21-22-19(29-18)28-12-13(3)4)23(30(5,25)26)14-8-10-15(11-9-14)27-7-2/h8-11,13,16H,6-7,12H2,1-5H3,(H,20,21,24)/t16-/m1/s1. The molecule has 0 bridgehead atoms. The molecule has 0 unspecified atom stereocenters. The van der Waals surface area contributed by atoms with Gasteiger partial charge in [-0.05, 0) is 43.5 Å². The number of anilines is 2. The van der Waals surface area contributed by atoms with E-state index >= 15 is 0 Å². The van der Waals surface area contributed by atoms with Gasteiger partial charge >= 0.3 is 0 Å². The summed E-state index contributed by atoms with van der Waals surface area (Å²) in [6.45, 7) is 8.37. The van der Waals surface area contributed by atoms with Gasteiger partial charge in [0.15, 0.2) is 4.34 Å². The number of hydrogen-bond donors (Lipinski definition) is 1. The van der Waals surface area contributed by atoms with Gasteiger partial charge in [-0.1, -0.05) is 43.9 Å². The molecule has 2 rings (SSSR count). The number of hydrogen-bond acceptors (Lipinski definition) is 8. The SMILES string of the molecule is CCOc1ccc(N([C@H](CC)C(=O)Nc2nnc(SCC(C)C)s2)S(C)(=O)=O)cc1. The summed E-state index contributed by atoms with van der Waals surface area (Å²) in [6.07, 6.45) is 1.38. The molecule has 166 valence electrons. The number of thioether (sulfide) groups is 1. The highest BCUT2D eigenvalue weighted by Gasteiger charge is 2.32. The first-order chi connectivity index (χ1) is 14.2. The molecule has 1 aromatic carbocycles. The van der Waals surface area contributed by atoms with E-state index in [0.717, 1.165) is 20.7 Å². The van der Waals surface area contributed by atoms with Crippen molar-refractivity contribution in [2.75, 3.05) is 28.2 Å². The van der Waals surface area contributed by atoms with Gasteiger partial charge in [0, 0.05) is 5.75 Å². The minimum atomic E-state index is -3.71. The van der Waals surface area contributed by atoms with Crippen molar-refractivity contribution in [3.63, 3.8) is 0 Å². The van der Waals surface area contributed by atoms with Crippen molar-refractivity contribution in [3.8, 4) is 5.75 Å². The fourth-order valence-corrected chi connectivity index (χ4v) is 5.60. The predicted octanol–water partition coefficient (Wildman–Crippen LogP) is 3.87. The van der Waals surface area contributed by atoms with E-state index in [9.17, 15) is 13.2 Å². The summed E-state index contributed by atoms with van der Waals surface area (Å²) in [5.74, 6) is 1.60. The van der Waals surface area contributed by atoms with Crippen LogP contribution in [0.4, 0.5) is 10.8 Å². The molecule has 0 aliphatic rings. The summed E-state index contributed by atoms with van der Waals surface area (Å²) in [5, 5.41) is 11.2. The third kappa shape index (κ3) is 6.85. The van der Waals surface area contributed by atoms with Gasteiger partial charge < -0.3 is 4.74 Å². The number of carbonyl (C=O) groups is 1. The predicted molar refractivity (Wildman–Crippen MR) is 123 cm³/mol. The van der Waals surface area contributed by atoms with Gasteiger partial charge in [-0.2, -0.15) is 0 Å². The molecule has 1 amide bonds. The molecule has 2 aromatic rings. The molecule has 0 aliphatic heterocycles. The first kappa shape index (κ1) is 24.4. The zero-order valence-corrected chi connectivity index (χ0v) is 20.2. The maximum Gasteiger partial charge on any atom is 0.250 e. The fourth-order valence-electron chi connectivity index (χ4n) is 2.66. The van der Waals surface area contributed by atoms with Crippen LogP contribution in [0.1, 0.15) is 34.1 Å². The van der Waals surface area contributed by atoms with Crippen molar-refractivity contribution >= 4 is 49.8 Å². The van der Waals surface area contributed by atoms with Crippen LogP contribution in [0.2, 0.25) is 0 Å². The van der Waals surface area contributed by atoms with E-state index in [4.69, 9.17) is 4.74 Å². The van der Waals surface area contributed by atoms with Crippen LogP contribution in [0.25, 0.3) is 0 Å². The Labute approximate surface area is 186 Å². The van der Waals surface area contributed by atoms with Crippen molar-refractivity contribution in [1.29, 1.82) is 0 Å². The first-order valence-electron chi connectivity index (χ1n) is 9.65. The average Bonchev–Trinajstić information content (AvgIpc) is 3.11. The molecule has 0 spiro atoms. The summed E-state index contributed by atoms with van der Waals surface area (Å²) < 4.78 is 32.4. The van der Waals surface area contributed by atoms with E-state index < -0.39 is 22.0 Å². The second-order valence-electron chi connectivity index (χ2n) is 6.98. The van der Waals surface area contributed by atoms with Crippen LogP contribution < -0.4 is 14.4 Å². The van der Waals surface area contributed by atoms with Gasteiger partial charge in [-0.15, -0.1) is 10.2 Å². The van der Waals surface area contributed by atoms with Gasteiger partial charge in [0.05, 0.1) is 18.6 Å². The second kappa shape index (κ2) is 11.0. The van der Waals surface area contributed by atoms with Gasteiger partial charge in [0.25, 0.3) is 0 Å². The Hall–Kier alpha value is -1.85. The lowest BCUT2D eigenvalue weighted by Crippen LogP contribution is -2.47. The molecule has 0 radical (unpaired) electrons. The van der Waals surface area contributed by atoms with E-state index in [1.165, 1.54) is 11.3 Å². The average molecular weight is 473 g/mol. The monoisotopic (exact) mass is 472 g/mol. The van der Waals surface area contributed by atoms with Crippen LogP contribution in [-0.2, 0) is 14.8 Å². The van der Waals surface area contributed by atoms with Crippen LogP contribution >= 0.6 is 23.1 Å². The molecule has 0 aliphatic carbocycles. The molecule has 1 N–H and O–H groups in total. The van der Waals surface area contributed by atoms with Crippen molar-refractivity contribution in [2.24, 2.45) is 5.92 Å². The molecule has 0 saturated carbocycles. The number of ether oxygens (including phenoxy) is 1. The third-order valence-electron chi connectivity index (χ3n) is 3.91. The smallest absolute Gasteiger partial charge is 0.250 e. The molecule has 1 heterocycles. The van der Waals surface area contributed by atoms with Crippen molar-refractivity contribution in [3.05, 3.63) is 24.3 Å². The largest absolute Gasteiger partial charge is 0.494 e.